The molecular formula is C19H20BrN3O2. The van der Waals surface area contributed by atoms with Gasteiger partial charge in [0.2, 0.25) is 0 Å². The summed E-state index contributed by atoms with van der Waals surface area (Å²) in [7, 11) is 0. The smallest absolute Gasteiger partial charge is 0.119 e. The van der Waals surface area contributed by atoms with Crippen molar-refractivity contribution < 1.29 is 9.47 Å². The van der Waals surface area contributed by atoms with E-state index in [2.05, 4.69) is 32.9 Å². The molecule has 3 rings (SSSR count). The number of halogens is 1. The first kappa shape index (κ1) is 17.6. The number of benzene rings is 1. The van der Waals surface area contributed by atoms with Gasteiger partial charge in [-0.25, -0.2) is 4.68 Å². The van der Waals surface area contributed by atoms with Crippen molar-refractivity contribution in [2.24, 2.45) is 0 Å². The Labute approximate surface area is 155 Å². The van der Waals surface area contributed by atoms with Gasteiger partial charge in [0.25, 0.3) is 0 Å². The second-order valence-corrected chi connectivity index (χ2v) is 6.32. The van der Waals surface area contributed by atoms with E-state index in [1.54, 1.807) is 12.4 Å². The molecule has 0 unspecified atom stereocenters. The van der Waals surface area contributed by atoms with Crippen LogP contribution in [0, 0.1) is 0 Å². The second kappa shape index (κ2) is 8.78. The summed E-state index contributed by atoms with van der Waals surface area (Å²) in [6, 6.07) is 11.7. The van der Waals surface area contributed by atoms with Crippen molar-refractivity contribution in [3.63, 3.8) is 0 Å². The van der Waals surface area contributed by atoms with E-state index in [1.807, 2.05) is 47.3 Å². The van der Waals surface area contributed by atoms with Crippen molar-refractivity contribution in [3.05, 3.63) is 59.5 Å². The first-order valence-corrected chi connectivity index (χ1v) is 9.04. The zero-order valence-corrected chi connectivity index (χ0v) is 15.6. The minimum Gasteiger partial charge on any atom is -0.491 e. The van der Waals surface area contributed by atoms with Crippen LogP contribution in [0.15, 0.2) is 59.5 Å². The summed E-state index contributed by atoms with van der Waals surface area (Å²) >= 11 is 3.58. The van der Waals surface area contributed by atoms with Gasteiger partial charge in [-0.05, 0) is 58.7 Å². The molecule has 3 aromatic rings. The Bertz CT molecular complexity index is 788. The summed E-state index contributed by atoms with van der Waals surface area (Å²) in [4.78, 5) is 4.04. The molecule has 0 saturated carbocycles. The summed E-state index contributed by atoms with van der Waals surface area (Å²) in [6.45, 7) is 4.03. The minimum atomic E-state index is 0.554. The Hall–Kier alpha value is -2.18. The Morgan fingerprint density at radius 1 is 1.00 bits per heavy atom. The molecule has 25 heavy (non-hydrogen) atoms. The van der Waals surface area contributed by atoms with Crippen LogP contribution in [0.25, 0.3) is 16.9 Å². The van der Waals surface area contributed by atoms with Crippen LogP contribution in [0.2, 0.25) is 0 Å². The van der Waals surface area contributed by atoms with Crippen LogP contribution in [-0.2, 0) is 4.74 Å². The van der Waals surface area contributed by atoms with Gasteiger partial charge >= 0.3 is 0 Å². The van der Waals surface area contributed by atoms with Crippen LogP contribution in [0.3, 0.4) is 0 Å². The summed E-state index contributed by atoms with van der Waals surface area (Å²) < 4.78 is 13.9. The van der Waals surface area contributed by atoms with E-state index in [1.165, 1.54) is 0 Å². The number of aromatic nitrogens is 3. The molecule has 0 radical (unpaired) electrons. The lowest BCUT2D eigenvalue weighted by Gasteiger charge is -2.07. The number of hydrogen-bond donors (Lipinski definition) is 0. The van der Waals surface area contributed by atoms with Gasteiger partial charge in [0.15, 0.2) is 0 Å². The third-order valence-electron chi connectivity index (χ3n) is 3.57. The van der Waals surface area contributed by atoms with Crippen molar-refractivity contribution in [2.75, 3.05) is 19.8 Å². The molecule has 2 heterocycles. The molecule has 130 valence electrons. The van der Waals surface area contributed by atoms with Gasteiger partial charge < -0.3 is 9.47 Å². The Morgan fingerprint density at radius 3 is 2.48 bits per heavy atom. The molecule has 0 aliphatic rings. The lowest BCUT2D eigenvalue weighted by atomic mass is 10.2. The fraction of sp³-hybridized carbons (Fsp3) is 0.263. The number of nitrogens with zero attached hydrogens (tertiary/aromatic N) is 3. The van der Waals surface area contributed by atoms with Crippen LogP contribution in [0.1, 0.15) is 13.3 Å². The first-order valence-electron chi connectivity index (χ1n) is 8.24. The predicted molar refractivity (Wildman–Crippen MR) is 101 cm³/mol. The molecule has 0 bridgehead atoms. The summed E-state index contributed by atoms with van der Waals surface area (Å²) in [6.07, 6.45) is 6.49. The van der Waals surface area contributed by atoms with Gasteiger partial charge in [0, 0.05) is 30.8 Å². The normalized spacial score (nSPS) is 10.8. The van der Waals surface area contributed by atoms with E-state index in [9.17, 15) is 0 Å². The SMILES string of the molecule is CCCOCCOc1ccc(-n2cc(Br)c(-c3ccncc3)n2)cc1. The fourth-order valence-electron chi connectivity index (χ4n) is 2.35. The lowest BCUT2D eigenvalue weighted by molar-refractivity contribution is 0.101. The molecule has 2 aromatic heterocycles. The quantitative estimate of drug-likeness (QED) is 0.521. The molecule has 5 nitrogen and oxygen atoms in total. The topological polar surface area (TPSA) is 49.2 Å². The monoisotopic (exact) mass is 401 g/mol. The summed E-state index contributed by atoms with van der Waals surface area (Å²) in [5.74, 6) is 0.824. The molecule has 0 aliphatic carbocycles. The van der Waals surface area contributed by atoms with Gasteiger partial charge in [-0.1, -0.05) is 6.92 Å². The van der Waals surface area contributed by atoms with Crippen LogP contribution < -0.4 is 4.74 Å². The van der Waals surface area contributed by atoms with Crippen LogP contribution in [-0.4, -0.2) is 34.6 Å². The van der Waals surface area contributed by atoms with E-state index < -0.39 is 0 Å². The minimum absolute atomic E-state index is 0.554. The highest BCUT2D eigenvalue weighted by Gasteiger charge is 2.10. The fourth-order valence-corrected chi connectivity index (χ4v) is 2.85. The average Bonchev–Trinajstić information content (AvgIpc) is 3.04. The zero-order valence-electron chi connectivity index (χ0n) is 14.1. The van der Waals surface area contributed by atoms with Gasteiger partial charge in [-0.3, -0.25) is 4.98 Å². The number of rotatable bonds is 8. The van der Waals surface area contributed by atoms with Crippen LogP contribution in [0.4, 0.5) is 0 Å². The number of pyridine rings is 1. The molecule has 0 aliphatic heterocycles. The van der Waals surface area contributed by atoms with Crippen molar-refractivity contribution >= 4 is 15.9 Å². The average molecular weight is 402 g/mol. The van der Waals surface area contributed by atoms with Crippen molar-refractivity contribution in [3.8, 4) is 22.7 Å². The van der Waals surface area contributed by atoms with Gasteiger partial charge in [-0.2, -0.15) is 5.10 Å². The molecule has 0 N–H and O–H groups in total. The predicted octanol–water partition coefficient (Wildman–Crippen LogP) is 4.50. The van der Waals surface area contributed by atoms with Gasteiger partial charge in [0.05, 0.1) is 16.8 Å². The van der Waals surface area contributed by atoms with E-state index in [-0.39, 0.29) is 0 Å². The highest BCUT2D eigenvalue weighted by molar-refractivity contribution is 9.10. The number of hydrogen-bond acceptors (Lipinski definition) is 4. The highest BCUT2D eigenvalue weighted by atomic mass is 79.9. The highest BCUT2D eigenvalue weighted by Crippen LogP contribution is 2.27. The molecule has 0 spiro atoms. The number of ether oxygens (including phenoxy) is 2. The molecule has 1 aromatic carbocycles. The molecule has 0 amide bonds. The van der Waals surface area contributed by atoms with E-state index >= 15 is 0 Å². The lowest BCUT2D eigenvalue weighted by Crippen LogP contribution is -2.07. The van der Waals surface area contributed by atoms with E-state index in [0.29, 0.717) is 13.2 Å². The second-order valence-electron chi connectivity index (χ2n) is 5.46. The Morgan fingerprint density at radius 2 is 1.76 bits per heavy atom. The molecule has 6 heteroatoms. The molecular weight excluding hydrogens is 382 g/mol. The third kappa shape index (κ3) is 4.67. The summed E-state index contributed by atoms with van der Waals surface area (Å²) in [5, 5.41) is 4.66. The van der Waals surface area contributed by atoms with Crippen molar-refractivity contribution in [1.82, 2.24) is 14.8 Å². The Balaban J connectivity index is 1.67. The molecule has 0 fully saturated rings. The maximum absolute atomic E-state index is 5.67. The van der Waals surface area contributed by atoms with Gasteiger partial charge in [-0.15, -0.1) is 0 Å². The third-order valence-corrected chi connectivity index (χ3v) is 4.15. The Kier molecular flexibility index (Phi) is 6.19. The van der Waals surface area contributed by atoms with Crippen molar-refractivity contribution in [2.45, 2.75) is 13.3 Å². The van der Waals surface area contributed by atoms with E-state index in [4.69, 9.17) is 9.47 Å². The first-order chi connectivity index (χ1) is 12.3. The standard InChI is InChI=1S/C19H20BrN3O2/c1-2-11-24-12-13-25-17-5-3-16(4-6-17)23-14-18(20)19(22-23)15-7-9-21-10-8-15/h3-10,14H,2,11-13H2,1H3. The van der Waals surface area contributed by atoms with Gasteiger partial charge in [0.1, 0.15) is 18.1 Å². The van der Waals surface area contributed by atoms with Crippen LogP contribution in [0.5, 0.6) is 5.75 Å². The van der Waals surface area contributed by atoms with E-state index in [0.717, 1.165) is 40.2 Å². The molecule has 0 saturated heterocycles. The zero-order chi connectivity index (χ0) is 17.5. The summed E-state index contributed by atoms with van der Waals surface area (Å²) in [5.41, 5.74) is 2.87. The largest absolute Gasteiger partial charge is 0.491 e. The maximum Gasteiger partial charge on any atom is 0.119 e. The van der Waals surface area contributed by atoms with Crippen molar-refractivity contribution in [1.29, 1.82) is 0 Å². The molecule has 0 atom stereocenters. The maximum atomic E-state index is 5.67. The van der Waals surface area contributed by atoms with Crippen LogP contribution >= 0.6 is 15.9 Å².